The molecule has 1 saturated carbocycles. The van der Waals surface area contributed by atoms with Crippen LogP contribution >= 0.6 is 11.6 Å². The Labute approximate surface area is 109 Å². The third-order valence-electron chi connectivity index (χ3n) is 3.23. The van der Waals surface area contributed by atoms with Gasteiger partial charge in [-0.2, -0.15) is 0 Å². The summed E-state index contributed by atoms with van der Waals surface area (Å²) in [5, 5.41) is 13.7. The van der Waals surface area contributed by atoms with Gasteiger partial charge in [-0.1, -0.05) is 31.5 Å². The van der Waals surface area contributed by atoms with Gasteiger partial charge in [0, 0.05) is 6.04 Å². The van der Waals surface area contributed by atoms with E-state index in [2.05, 4.69) is 5.32 Å². The van der Waals surface area contributed by atoms with E-state index < -0.39 is 10.8 Å². The molecule has 5 nitrogen and oxygen atoms in total. The first-order chi connectivity index (χ1) is 8.33. The lowest BCUT2D eigenvalue weighted by atomic mass is 10.1. The largest absolute Gasteiger partial charge is 0.349 e. The van der Waals surface area contributed by atoms with Crippen molar-refractivity contribution in [3.05, 3.63) is 38.9 Å². The first-order valence-corrected chi connectivity index (χ1v) is 5.94. The molecule has 1 unspecified atom stereocenters. The molecule has 1 aliphatic rings. The van der Waals surface area contributed by atoms with Gasteiger partial charge in [0.1, 0.15) is 10.6 Å². The highest BCUT2D eigenvalue weighted by molar-refractivity contribution is 6.33. The summed E-state index contributed by atoms with van der Waals surface area (Å²) in [6.07, 6.45) is 0.882. The molecule has 0 heterocycles. The fourth-order valence-corrected chi connectivity index (χ4v) is 2.08. The third kappa shape index (κ3) is 2.31. The van der Waals surface area contributed by atoms with Crippen molar-refractivity contribution >= 4 is 23.2 Å². The van der Waals surface area contributed by atoms with Crippen molar-refractivity contribution in [3.63, 3.8) is 0 Å². The number of nitro groups is 1. The van der Waals surface area contributed by atoms with Crippen molar-refractivity contribution in [2.75, 3.05) is 0 Å². The molecule has 1 atom stereocenters. The Kier molecular flexibility index (Phi) is 3.02. The van der Waals surface area contributed by atoms with Gasteiger partial charge in [0.25, 0.3) is 5.91 Å². The van der Waals surface area contributed by atoms with Gasteiger partial charge in [0.05, 0.1) is 4.92 Å². The quantitative estimate of drug-likeness (QED) is 0.677. The molecule has 0 bridgehead atoms. The summed E-state index contributed by atoms with van der Waals surface area (Å²) >= 11 is 5.75. The summed E-state index contributed by atoms with van der Waals surface area (Å²) in [5.74, 6) is -0.445. The number of amides is 1. The van der Waals surface area contributed by atoms with Crippen LogP contribution in [0.1, 0.15) is 30.6 Å². The van der Waals surface area contributed by atoms with E-state index in [0.717, 1.165) is 6.42 Å². The maximum absolute atomic E-state index is 12.0. The second-order valence-corrected chi connectivity index (χ2v) is 5.52. The van der Waals surface area contributed by atoms with Crippen molar-refractivity contribution in [2.24, 2.45) is 5.41 Å². The molecular formula is C12H13ClN2O3. The highest BCUT2D eigenvalue weighted by Gasteiger charge is 2.47. The Bertz CT molecular complexity index is 528. The fourth-order valence-electron chi connectivity index (χ4n) is 1.83. The minimum absolute atomic E-state index is 0.00944. The number of halogens is 1. The van der Waals surface area contributed by atoms with E-state index in [1.807, 2.05) is 13.8 Å². The molecule has 0 spiro atoms. The lowest BCUT2D eigenvalue weighted by molar-refractivity contribution is -0.385. The second-order valence-electron chi connectivity index (χ2n) is 5.11. The van der Waals surface area contributed by atoms with Crippen molar-refractivity contribution in [1.82, 2.24) is 5.32 Å². The summed E-state index contributed by atoms with van der Waals surface area (Å²) in [6, 6.07) is 4.41. The molecule has 0 aromatic heterocycles. The van der Waals surface area contributed by atoms with Crippen LogP contribution in [0.2, 0.25) is 5.02 Å². The third-order valence-corrected chi connectivity index (χ3v) is 3.54. The Morgan fingerprint density at radius 2 is 2.17 bits per heavy atom. The number of carbonyl (C=O) groups is 1. The van der Waals surface area contributed by atoms with Crippen molar-refractivity contribution in [2.45, 2.75) is 26.3 Å². The van der Waals surface area contributed by atoms with E-state index in [0.29, 0.717) is 0 Å². The van der Waals surface area contributed by atoms with Crippen LogP contribution in [0.25, 0.3) is 0 Å². The molecule has 0 aliphatic heterocycles. The lowest BCUT2D eigenvalue weighted by Crippen LogP contribution is -2.28. The standard InChI is InChI=1S/C12H13ClN2O3/c1-12(2)6-9(12)14-11(16)7-4-3-5-8(13)10(7)15(17)18/h3-5,9H,6H2,1-2H3,(H,14,16). The maximum atomic E-state index is 12.0. The van der Waals surface area contributed by atoms with E-state index in [9.17, 15) is 14.9 Å². The van der Waals surface area contributed by atoms with E-state index in [4.69, 9.17) is 11.6 Å². The molecule has 1 aliphatic carbocycles. The Hall–Kier alpha value is -1.62. The average Bonchev–Trinajstić information content (AvgIpc) is 2.84. The predicted molar refractivity (Wildman–Crippen MR) is 67.8 cm³/mol. The number of benzene rings is 1. The van der Waals surface area contributed by atoms with E-state index in [-0.39, 0.29) is 27.7 Å². The van der Waals surface area contributed by atoms with Gasteiger partial charge in [-0.3, -0.25) is 14.9 Å². The summed E-state index contributed by atoms with van der Waals surface area (Å²) in [6.45, 7) is 4.06. The van der Waals surface area contributed by atoms with Crippen molar-refractivity contribution in [3.8, 4) is 0 Å². The molecule has 18 heavy (non-hydrogen) atoms. The van der Waals surface area contributed by atoms with Gasteiger partial charge in [0.2, 0.25) is 0 Å². The summed E-state index contributed by atoms with van der Waals surface area (Å²) < 4.78 is 0. The number of para-hydroxylation sites is 1. The summed E-state index contributed by atoms with van der Waals surface area (Å²) in [4.78, 5) is 22.3. The van der Waals surface area contributed by atoms with Crippen molar-refractivity contribution < 1.29 is 9.72 Å². The van der Waals surface area contributed by atoms with Crippen LogP contribution in [-0.2, 0) is 0 Å². The number of nitrogens with zero attached hydrogens (tertiary/aromatic N) is 1. The molecule has 1 amide bonds. The normalized spacial score (nSPS) is 20.3. The highest BCUT2D eigenvalue weighted by Crippen LogP contribution is 2.44. The maximum Gasteiger partial charge on any atom is 0.300 e. The monoisotopic (exact) mass is 268 g/mol. The summed E-state index contributed by atoms with van der Waals surface area (Å²) in [7, 11) is 0. The molecule has 96 valence electrons. The van der Waals surface area contributed by atoms with Crippen LogP contribution in [0, 0.1) is 15.5 Å². The molecule has 1 N–H and O–H groups in total. The molecule has 6 heteroatoms. The van der Waals surface area contributed by atoms with Crippen molar-refractivity contribution in [1.29, 1.82) is 0 Å². The van der Waals surface area contributed by atoms with Crippen LogP contribution in [-0.4, -0.2) is 16.9 Å². The topological polar surface area (TPSA) is 72.2 Å². The molecule has 0 radical (unpaired) electrons. The molecular weight excluding hydrogens is 256 g/mol. The highest BCUT2D eigenvalue weighted by atomic mass is 35.5. The number of nitro benzene ring substituents is 1. The SMILES string of the molecule is CC1(C)CC1NC(=O)c1cccc(Cl)c1[N+](=O)[O-]. The molecule has 1 fully saturated rings. The zero-order chi connectivity index (χ0) is 13.5. The van der Waals surface area contributed by atoms with Crippen LogP contribution in [0.15, 0.2) is 18.2 Å². The number of hydrogen-bond donors (Lipinski definition) is 1. The first-order valence-electron chi connectivity index (χ1n) is 5.57. The Balaban J connectivity index is 2.25. The summed E-state index contributed by atoms with van der Waals surface area (Å²) in [5.41, 5.74) is -0.256. The van der Waals surface area contributed by atoms with Gasteiger partial charge < -0.3 is 5.32 Å². The Morgan fingerprint density at radius 3 is 2.67 bits per heavy atom. The van der Waals surface area contributed by atoms with Gasteiger partial charge in [-0.25, -0.2) is 0 Å². The van der Waals surface area contributed by atoms with E-state index in [1.165, 1.54) is 18.2 Å². The molecule has 1 aromatic rings. The van der Waals surface area contributed by atoms with Crippen LogP contribution in [0.3, 0.4) is 0 Å². The first kappa shape index (κ1) is 12.8. The van der Waals surface area contributed by atoms with E-state index >= 15 is 0 Å². The smallest absolute Gasteiger partial charge is 0.300 e. The number of hydrogen-bond acceptors (Lipinski definition) is 3. The van der Waals surface area contributed by atoms with Gasteiger partial charge in [0.15, 0.2) is 0 Å². The van der Waals surface area contributed by atoms with E-state index in [1.54, 1.807) is 0 Å². The number of rotatable bonds is 3. The number of nitrogens with one attached hydrogen (secondary N) is 1. The fraction of sp³-hybridized carbons (Fsp3) is 0.417. The predicted octanol–water partition coefficient (Wildman–Crippen LogP) is 2.78. The lowest BCUT2D eigenvalue weighted by Gasteiger charge is -2.07. The van der Waals surface area contributed by atoms with Gasteiger partial charge >= 0.3 is 5.69 Å². The zero-order valence-corrected chi connectivity index (χ0v) is 10.8. The molecule has 2 rings (SSSR count). The van der Waals surface area contributed by atoms with Crippen LogP contribution in [0.5, 0.6) is 0 Å². The average molecular weight is 269 g/mol. The number of carbonyl (C=O) groups excluding carboxylic acids is 1. The zero-order valence-electron chi connectivity index (χ0n) is 10.1. The van der Waals surface area contributed by atoms with Crippen LogP contribution < -0.4 is 5.32 Å². The minimum Gasteiger partial charge on any atom is -0.349 e. The molecule has 1 aromatic carbocycles. The van der Waals surface area contributed by atoms with Gasteiger partial charge in [-0.05, 0) is 24.0 Å². The van der Waals surface area contributed by atoms with Crippen LogP contribution in [0.4, 0.5) is 5.69 Å². The minimum atomic E-state index is -0.630. The Morgan fingerprint density at radius 1 is 1.56 bits per heavy atom. The molecule has 0 saturated heterocycles. The second kappa shape index (κ2) is 4.24. The van der Waals surface area contributed by atoms with Gasteiger partial charge in [-0.15, -0.1) is 0 Å².